The van der Waals surface area contributed by atoms with E-state index in [0.717, 1.165) is 47.6 Å². The number of hydrogen-bond donors (Lipinski definition) is 5. The van der Waals surface area contributed by atoms with Crippen molar-refractivity contribution in [3.05, 3.63) is 40.5 Å². The van der Waals surface area contributed by atoms with Gasteiger partial charge in [0.15, 0.2) is 16.6 Å². The maximum atomic E-state index is 13.5. The summed E-state index contributed by atoms with van der Waals surface area (Å²) in [5.74, 6) is -2.49. The number of carboxylic acids is 1. The molecule has 17 nitrogen and oxygen atoms in total. The van der Waals surface area contributed by atoms with Crippen molar-refractivity contribution >= 4 is 78.4 Å². The van der Waals surface area contributed by atoms with Gasteiger partial charge in [-0.05, 0) is 43.5 Å². The highest BCUT2D eigenvalue weighted by molar-refractivity contribution is 7.80. The lowest BCUT2D eigenvalue weighted by Gasteiger charge is -2.50. The first-order chi connectivity index (χ1) is 22.5. The van der Waals surface area contributed by atoms with Crippen LogP contribution in [-0.4, -0.2) is 89.4 Å². The lowest BCUT2D eigenvalue weighted by Crippen LogP contribution is -2.68. The number of carboxylic acid groups (broad SMARTS) is 1. The third kappa shape index (κ3) is 7.61. The molecule has 0 aliphatic carbocycles. The molecule has 5 rings (SSSR count). The molecule has 1 aromatic carbocycles. The highest BCUT2D eigenvalue weighted by Crippen LogP contribution is 2.41. The predicted octanol–water partition coefficient (Wildman–Crippen LogP) is 1.17. The number of ketones is 1. The molecular formula is C28H33ClN7O10S2+. The number of amides is 1. The third-order valence-corrected chi connectivity index (χ3v) is 9.43. The van der Waals surface area contributed by atoms with Crippen molar-refractivity contribution in [2.75, 3.05) is 37.3 Å². The van der Waals surface area contributed by atoms with E-state index in [1.54, 1.807) is 12.1 Å². The molecule has 2 aromatic heterocycles. The number of hydroxylamine groups is 2. The lowest BCUT2D eigenvalue weighted by atomic mass is 9.74. The summed E-state index contributed by atoms with van der Waals surface area (Å²) in [6.45, 7) is 5.05. The number of benzene rings is 1. The normalized spacial score (nSPS) is 18.6. The van der Waals surface area contributed by atoms with E-state index in [-0.39, 0.29) is 15.2 Å². The van der Waals surface area contributed by atoms with Gasteiger partial charge in [-0.2, -0.15) is 13.5 Å². The van der Waals surface area contributed by atoms with Crippen molar-refractivity contribution in [2.45, 2.75) is 31.9 Å². The standard InChI is InChI=1S/C28H32ClN7O10S2/c1-28(2)18(25(38)36(28)46-48(41,42)43)9-19(37)21(22-23(29)47-27(30)33-22)34-45-20(26(39)40)13-44-16-4-5-17-15(8-16)6-7-35(3)24(17)32-12-14-10-31-11-14/h4-8,14,18,20,31H,9-13H2,1-3H3,(H4,30,33,39,40,41,42,43)/p+1/b34-21+/t18?,20-/m0/s1. The minimum atomic E-state index is -5.01. The summed E-state index contributed by atoms with van der Waals surface area (Å²) >= 11 is 7.05. The van der Waals surface area contributed by atoms with Gasteiger partial charge in [0.25, 0.3) is 17.8 Å². The van der Waals surface area contributed by atoms with Crippen LogP contribution in [0.15, 0.2) is 35.6 Å². The molecule has 1 unspecified atom stereocenters. The van der Waals surface area contributed by atoms with Crippen molar-refractivity contribution < 1.29 is 50.9 Å². The van der Waals surface area contributed by atoms with E-state index in [0.29, 0.717) is 16.7 Å². The second kappa shape index (κ2) is 13.8. The molecule has 0 radical (unpaired) electrons. The largest absolute Gasteiger partial charge is 0.489 e. The summed E-state index contributed by atoms with van der Waals surface area (Å²) < 4.78 is 43.3. The van der Waals surface area contributed by atoms with E-state index in [1.165, 1.54) is 13.8 Å². The molecule has 2 aliphatic rings. The molecule has 2 fully saturated rings. The van der Waals surface area contributed by atoms with Gasteiger partial charge in [-0.3, -0.25) is 19.5 Å². The molecule has 6 N–H and O–H groups in total. The van der Waals surface area contributed by atoms with Crippen LogP contribution in [0, 0.1) is 11.8 Å². The topological polar surface area (TPSA) is 236 Å². The second-order valence-corrected chi connectivity index (χ2v) is 14.4. The maximum absolute atomic E-state index is 13.5. The average molecular weight is 727 g/mol. The van der Waals surface area contributed by atoms with Crippen LogP contribution in [0.5, 0.6) is 5.75 Å². The number of rotatable bonds is 15. The summed E-state index contributed by atoms with van der Waals surface area (Å²) in [4.78, 5) is 47.5. The Labute approximate surface area is 283 Å². The molecule has 2 saturated heterocycles. The molecule has 1 amide bonds. The van der Waals surface area contributed by atoms with Gasteiger partial charge >= 0.3 is 16.4 Å². The number of nitrogens with zero attached hydrogens (tertiary/aromatic N) is 4. The Balaban J connectivity index is 1.31. The van der Waals surface area contributed by atoms with Crippen molar-refractivity contribution in [3.8, 4) is 5.75 Å². The number of aryl methyl sites for hydroxylation is 1. The minimum absolute atomic E-state index is 0.0234. The number of anilines is 2. The number of pyridine rings is 1. The van der Waals surface area contributed by atoms with Crippen LogP contribution in [0.25, 0.3) is 10.8 Å². The van der Waals surface area contributed by atoms with Crippen LogP contribution in [-0.2, 0) is 41.0 Å². The van der Waals surface area contributed by atoms with Crippen molar-refractivity contribution in [2.24, 2.45) is 24.0 Å². The quantitative estimate of drug-likeness (QED) is 0.0486. The number of β-lactam (4-membered cyclic amide) rings is 1. The minimum Gasteiger partial charge on any atom is -0.489 e. The van der Waals surface area contributed by atoms with Gasteiger partial charge in [0, 0.05) is 25.4 Å². The van der Waals surface area contributed by atoms with E-state index in [1.807, 2.05) is 29.9 Å². The van der Waals surface area contributed by atoms with Crippen molar-refractivity contribution in [3.63, 3.8) is 0 Å². The first-order valence-electron chi connectivity index (χ1n) is 14.5. The number of nitrogens with one attached hydrogen (secondary N) is 2. The molecule has 258 valence electrons. The number of fused-ring (bicyclic) bond motifs is 1. The number of halogens is 1. The fraction of sp³-hybridized carbons (Fsp3) is 0.429. The molecule has 4 heterocycles. The summed E-state index contributed by atoms with van der Waals surface area (Å²) in [6.07, 6.45) is -0.344. The fourth-order valence-electron chi connectivity index (χ4n) is 5.17. The summed E-state index contributed by atoms with van der Waals surface area (Å²) in [5.41, 5.74) is 3.67. The zero-order chi connectivity index (χ0) is 35.0. The van der Waals surface area contributed by atoms with Crippen LogP contribution in [0.1, 0.15) is 26.0 Å². The van der Waals surface area contributed by atoms with E-state index < -0.39 is 64.4 Å². The van der Waals surface area contributed by atoms with E-state index in [2.05, 4.69) is 25.1 Å². The molecular weight excluding hydrogens is 694 g/mol. The number of aromatic nitrogens is 2. The van der Waals surface area contributed by atoms with Gasteiger partial charge in [0.05, 0.1) is 36.6 Å². The Morgan fingerprint density at radius 3 is 2.65 bits per heavy atom. The van der Waals surface area contributed by atoms with E-state index in [4.69, 9.17) is 31.5 Å². The summed E-state index contributed by atoms with van der Waals surface area (Å²) in [7, 11) is -3.07. The first-order valence-corrected chi connectivity index (χ1v) is 17.0. The van der Waals surface area contributed by atoms with Crippen LogP contribution in [0.2, 0.25) is 4.34 Å². The summed E-state index contributed by atoms with van der Waals surface area (Å²) in [5, 5.41) is 22.6. The SMILES string of the molecule is C[n+]1ccc2cc(OC[C@H](O/N=C(\C(=O)CC3C(=O)N(OS(=O)(=O)O)C3(C)C)c3nc(N)sc3Cl)C(=O)O)ccc2c1NCC1CNC1. The molecule has 0 bridgehead atoms. The Morgan fingerprint density at radius 2 is 2.06 bits per heavy atom. The average Bonchev–Trinajstić information content (AvgIpc) is 3.32. The lowest BCUT2D eigenvalue weighted by molar-refractivity contribution is -0.656. The number of Topliss-reactive ketones (excluding diaryl/α,β-unsaturated/α-hetero) is 1. The number of nitrogens with two attached hydrogens (primary N) is 1. The van der Waals surface area contributed by atoms with Crippen molar-refractivity contribution in [1.29, 1.82) is 0 Å². The third-order valence-electron chi connectivity index (χ3n) is 8.00. The monoisotopic (exact) mass is 726 g/mol. The molecule has 2 atom stereocenters. The number of carbonyl (C=O) groups is 3. The Morgan fingerprint density at radius 1 is 1.33 bits per heavy atom. The first kappa shape index (κ1) is 35.2. The maximum Gasteiger partial charge on any atom is 0.418 e. The molecule has 0 spiro atoms. The number of nitrogen functional groups attached to an aromatic ring is 1. The van der Waals surface area contributed by atoms with Gasteiger partial charge in [-0.25, -0.2) is 14.3 Å². The van der Waals surface area contributed by atoms with Gasteiger partial charge in [0.2, 0.25) is 0 Å². The van der Waals surface area contributed by atoms with Gasteiger partial charge < -0.3 is 25.7 Å². The molecule has 20 heteroatoms. The number of oxime groups is 1. The zero-order valence-corrected chi connectivity index (χ0v) is 28.3. The number of hydrogen-bond acceptors (Lipinski definition) is 14. The Hall–Kier alpha value is -4.14. The van der Waals surface area contributed by atoms with E-state index in [9.17, 15) is 27.9 Å². The van der Waals surface area contributed by atoms with Gasteiger partial charge in [-0.1, -0.05) is 28.1 Å². The molecule has 0 saturated carbocycles. The van der Waals surface area contributed by atoms with Crippen molar-refractivity contribution in [1.82, 2.24) is 15.4 Å². The van der Waals surface area contributed by atoms with Crippen LogP contribution in [0.3, 0.4) is 0 Å². The summed E-state index contributed by atoms with van der Waals surface area (Å²) in [6, 6.07) is 7.21. The number of carbonyl (C=O) groups excluding carboxylic acids is 2. The van der Waals surface area contributed by atoms with Crippen LogP contribution >= 0.6 is 22.9 Å². The smallest absolute Gasteiger partial charge is 0.418 e. The van der Waals surface area contributed by atoms with Gasteiger partial charge in [0.1, 0.15) is 22.4 Å². The Kier molecular flexibility index (Phi) is 10.1. The van der Waals surface area contributed by atoms with Gasteiger partial charge in [-0.15, -0.1) is 4.28 Å². The zero-order valence-electron chi connectivity index (χ0n) is 25.9. The second-order valence-electron chi connectivity index (χ2n) is 11.8. The van der Waals surface area contributed by atoms with E-state index >= 15 is 0 Å². The number of aliphatic carboxylic acids is 1. The van der Waals surface area contributed by atoms with Crippen LogP contribution < -0.4 is 25.7 Å². The number of ether oxygens (including phenoxy) is 1. The highest BCUT2D eigenvalue weighted by atomic mass is 35.5. The number of thiazole rings is 1. The Bertz CT molecular complexity index is 1900. The predicted molar refractivity (Wildman–Crippen MR) is 173 cm³/mol. The molecule has 2 aliphatic heterocycles. The molecule has 48 heavy (non-hydrogen) atoms. The highest BCUT2D eigenvalue weighted by Gasteiger charge is 2.57. The van der Waals surface area contributed by atoms with Crippen LogP contribution in [0.4, 0.5) is 10.9 Å². The fourth-order valence-corrected chi connectivity index (χ4v) is 6.55. The molecule has 3 aromatic rings.